The first-order valence-corrected chi connectivity index (χ1v) is 5.83. The molecule has 4 nitrogen and oxygen atoms in total. The molecule has 0 fully saturated rings. The maximum atomic E-state index is 11.6. The monoisotopic (exact) mass is 236 g/mol. The van der Waals surface area contributed by atoms with Gasteiger partial charge in [-0.3, -0.25) is 4.79 Å². The molecule has 0 saturated carbocycles. The number of nitrogens with one attached hydrogen (secondary N) is 1. The van der Waals surface area contributed by atoms with Gasteiger partial charge in [-0.2, -0.15) is 0 Å². The summed E-state index contributed by atoms with van der Waals surface area (Å²) in [5.74, 6) is 0.713. The highest BCUT2D eigenvalue weighted by molar-refractivity contribution is 5.81. The van der Waals surface area contributed by atoms with Crippen LogP contribution in [-0.2, 0) is 11.3 Å². The van der Waals surface area contributed by atoms with Gasteiger partial charge in [0.1, 0.15) is 5.75 Å². The van der Waals surface area contributed by atoms with Crippen LogP contribution in [0.1, 0.15) is 25.3 Å². The van der Waals surface area contributed by atoms with Gasteiger partial charge in [0.05, 0.1) is 13.2 Å². The molecule has 0 spiro atoms. The molecular formula is C13H20N2O2. The predicted molar refractivity (Wildman–Crippen MR) is 67.7 cm³/mol. The van der Waals surface area contributed by atoms with Gasteiger partial charge in [0, 0.05) is 6.54 Å². The van der Waals surface area contributed by atoms with Crippen LogP contribution in [0.4, 0.5) is 0 Å². The summed E-state index contributed by atoms with van der Waals surface area (Å²) in [6.45, 7) is 2.51. The smallest absolute Gasteiger partial charge is 0.237 e. The SMILES string of the molecule is CCC[C@H](N)C(=O)NCc1ccc(OC)cc1. The van der Waals surface area contributed by atoms with Crippen molar-refractivity contribution in [3.63, 3.8) is 0 Å². The van der Waals surface area contributed by atoms with Gasteiger partial charge < -0.3 is 15.8 Å². The highest BCUT2D eigenvalue weighted by Crippen LogP contribution is 2.10. The average Bonchev–Trinajstić information content (AvgIpc) is 2.36. The Labute approximate surface area is 102 Å². The standard InChI is InChI=1S/C13H20N2O2/c1-3-4-12(14)13(16)15-9-10-5-7-11(17-2)8-6-10/h5-8,12H,3-4,9,14H2,1-2H3,(H,15,16)/t12-/m0/s1. The van der Waals surface area contributed by atoms with Crippen molar-refractivity contribution in [2.24, 2.45) is 5.73 Å². The summed E-state index contributed by atoms with van der Waals surface area (Å²) in [6, 6.07) is 7.17. The number of amides is 1. The van der Waals surface area contributed by atoms with Crippen molar-refractivity contribution in [2.75, 3.05) is 7.11 Å². The van der Waals surface area contributed by atoms with Gasteiger partial charge in [0.25, 0.3) is 0 Å². The van der Waals surface area contributed by atoms with E-state index in [0.29, 0.717) is 13.0 Å². The van der Waals surface area contributed by atoms with Gasteiger partial charge in [-0.25, -0.2) is 0 Å². The summed E-state index contributed by atoms with van der Waals surface area (Å²) in [5.41, 5.74) is 6.74. The third-order valence-corrected chi connectivity index (χ3v) is 2.56. The molecule has 0 radical (unpaired) electrons. The van der Waals surface area contributed by atoms with Crippen LogP contribution < -0.4 is 15.8 Å². The first kappa shape index (κ1) is 13.5. The first-order valence-electron chi connectivity index (χ1n) is 5.83. The van der Waals surface area contributed by atoms with E-state index < -0.39 is 6.04 Å². The molecule has 1 aromatic rings. The second-order valence-electron chi connectivity index (χ2n) is 3.96. The van der Waals surface area contributed by atoms with Crippen molar-refractivity contribution < 1.29 is 9.53 Å². The molecule has 94 valence electrons. The molecule has 0 aliphatic carbocycles. The van der Waals surface area contributed by atoms with Crippen LogP contribution in [0.2, 0.25) is 0 Å². The fraction of sp³-hybridized carbons (Fsp3) is 0.462. The molecular weight excluding hydrogens is 216 g/mol. The van der Waals surface area contributed by atoms with Crippen LogP contribution in [-0.4, -0.2) is 19.1 Å². The molecule has 4 heteroatoms. The van der Waals surface area contributed by atoms with Crippen molar-refractivity contribution in [1.82, 2.24) is 5.32 Å². The average molecular weight is 236 g/mol. The van der Waals surface area contributed by atoms with E-state index in [0.717, 1.165) is 17.7 Å². The van der Waals surface area contributed by atoms with Crippen LogP contribution in [0, 0.1) is 0 Å². The Morgan fingerprint density at radius 2 is 2.06 bits per heavy atom. The molecule has 1 amide bonds. The Kier molecular flexibility index (Phi) is 5.49. The molecule has 0 aromatic heterocycles. The molecule has 0 bridgehead atoms. The zero-order valence-electron chi connectivity index (χ0n) is 10.4. The molecule has 3 N–H and O–H groups in total. The van der Waals surface area contributed by atoms with E-state index in [4.69, 9.17) is 10.5 Å². The Bertz CT molecular complexity index is 349. The summed E-state index contributed by atoms with van der Waals surface area (Å²) >= 11 is 0. The van der Waals surface area contributed by atoms with E-state index in [9.17, 15) is 4.79 Å². The number of hydrogen-bond donors (Lipinski definition) is 2. The molecule has 0 saturated heterocycles. The number of nitrogens with two attached hydrogens (primary N) is 1. The van der Waals surface area contributed by atoms with Gasteiger partial charge >= 0.3 is 0 Å². The lowest BCUT2D eigenvalue weighted by molar-refractivity contribution is -0.122. The lowest BCUT2D eigenvalue weighted by atomic mass is 10.1. The van der Waals surface area contributed by atoms with E-state index in [1.807, 2.05) is 31.2 Å². The topological polar surface area (TPSA) is 64.4 Å². The fourth-order valence-corrected chi connectivity index (χ4v) is 1.51. The van der Waals surface area contributed by atoms with E-state index >= 15 is 0 Å². The summed E-state index contributed by atoms with van der Waals surface area (Å²) in [7, 11) is 1.63. The van der Waals surface area contributed by atoms with Gasteiger partial charge in [0.15, 0.2) is 0 Å². The Morgan fingerprint density at radius 1 is 1.41 bits per heavy atom. The minimum Gasteiger partial charge on any atom is -0.497 e. The molecule has 0 aliphatic heterocycles. The number of ether oxygens (including phenoxy) is 1. The van der Waals surface area contributed by atoms with Crippen molar-refractivity contribution in [3.8, 4) is 5.75 Å². The second kappa shape index (κ2) is 6.91. The Morgan fingerprint density at radius 3 is 2.59 bits per heavy atom. The first-order chi connectivity index (χ1) is 8.17. The van der Waals surface area contributed by atoms with Crippen molar-refractivity contribution in [3.05, 3.63) is 29.8 Å². The maximum Gasteiger partial charge on any atom is 0.237 e. The Hall–Kier alpha value is -1.55. The molecule has 17 heavy (non-hydrogen) atoms. The fourth-order valence-electron chi connectivity index (χ4n) is 1.51. The second-order valence-corrected chi connectivity index (χ2v) is 3.96. The Balaban J connectivity index is 2.41. The van der Waals surface area contributed by atoms with E-state index in [-0.39, 0.29) is 5.91 Å². The number of carbonyl (C=O) groups excluding carboxylic acids is 1. The number of carbonyl (C=O) groups is 1. The minimum atomic E-state index is -0.404. The molecule has 0 heterocycles. The molecule has 0 unspecified atom stereocenters. The number of benzene rings is 1. The van der Waals surface area contributed by atoms with Gasteiger partial charge in [0.2, 0.25) is 5.91 Å². The molecule has 1 rings (SSSR count). The van der Waals surface area contributed by atoms with Crippen molar-refractivity contribution >= 4 is 5.91 Å². The van der Waals surface area contributed by atoms with Crippen LogP contribution in [0.3, 0.4) is 0 Å². The molecule has 0 aliphatic rings. The third kappa shape index (κ3) is 4.44. The zero-order chi connectivity index (χ0) is 12.7. The highest BCUT2D eigenvalue weighted by Gasteiger charge is 2.11. The van der Waals surface area contributed by atoms with Crippen LogP contribution in [0.5, 0.6) is 5.75 Å². The van der Waals surface area contributed by atoms with Crippen LogP contribution in [0.25, 0.3) is 0 Å². The summed E-state index contributed by atoms with van der Waals surface area (Å²) < 4.78 is 5.06. The van der Waals surface area contributed by atoms with Crippen LogP contribution in [0.15, 0.2) is 24.3 Å². The van der Waals surface area contributed by atoms with E-state index in [1.165, 1.54) is 0 Å². The highest BCUT2D eigenvalue weighted by atomic mass is 16.5. The number of hydrogen-bond acceptors (Lipinski definition) is 3. The number of methoxy groups -OCH3 is 1. The predicted octanol–water partition coefficient (Wildman–Crippen LogP) is 1.44. The third-order valence-electron chi connectivity index (χ3n) is 2.56. The van der Waals surface area contributed by atoms with Gasteiger partial charge in [-0.1, -0.05) is 25.5 Å². The van der Waals surface area contributed by atoms with E-state index in [1.54, 1.807) is 7.11 Å². The van der Waals surface area contributed by atoms with Crippen LogP contribution >= 0.6 is 0 Å². The largest absolute Gasteiger partial charge is 0.497 e. The molecule has 1 aromatic carbocycles. The van der Waals surface area contributed by atoms with Crippen molar-refractivity contribution in [2.45, 2.75) is 32.4 Å². The maximum absolute atomic E-state index is 11.6. The molecule has 1 atom stereocenters. The van der Waals surface area contributed by atoms with Gasteiger partial charge in [-0.15, -0.1) is 0 Å². The normalized spacial score (nSPS) is 11.9. The summed E-state index contributed by atoms with van der Waals surface area (Å²) in [4.78, 5) is 11.6. The lowest BCUT2D eigenvalue weighted by Gasteiger charge is -2.11. The summed E-state index contributed by atoms with van der Waals surface area (Å²) in [6.07, 6.45) is 1.63. The zero-order valence-corrected chi connectivity index (χ0v) is 10.4. The lowest BCUT2D eigenvalue weighted by Crippen LogP contribution is -2.40. The summed E-state index contributed by atoms with van der Waals surface area (Å²) in [5, 5.41) is 2.82. The quantitative estimate of drug-likeness (QED) is 0.785. The minimum absolute atomic E-state index is 0.0948. The van der Waals surface area contributed by atoms with E-state index in [2.05, 4.69) is 5.32 Å². The van der Waals surface area contributed by atoms with Gasteiger partial charge in [-0.05, 0) is 24.1 Å². The van der Waals surface area contributed by atoms with Crippen molar-refractivity contribution in [1.29, 1.82) is 0 Å². The number of rotatable bonds is 6.